The Balaban J connectivity index is 2.28. The topological polar surface area (TPSA) is 40.5 Å². The van der Waals surface area contributed by atoms with Crippen molar-refractivity contribution in [2.45, 2.75) is 6.92 Å². The summed E-state index contributed by atoms with van der Waals surface area (Å²) >= 11 is 5.55. The Kier molecular flexibility index (Phi) is 3.35. The smallest absolute Gasteiger partial charge is 0.226 e. The molecule has 1 N–H and O–H groups in total. The van der Waals surface area contributed by atoms with Crippen LogP contribution in [0.25, 0.3) is 0 Å². The number of aliphatic hydroxyl groups is 1. The van der Waals surface area contributed by atoms with Gasteiger partial charge in [-0.05, 0) is 0 Å². The Bertz CT molecular complexity index is 168. The largest absolute Gasteiger partial charge is 0.396 e. The van der Waals surface area contributed by atoms with Crippen molar-refractivity contribution in [3.8, 4) is 0 Å². The molecule has 1 heterocycles. The minimum Gasteiger partial charge on any atom is -0.396 e. The summed E-state index contributed by atoms with van der Waals surface area (Å²) in [6.45, 7) is 3.38. The van der Waals surface area contributed by atoms with Crippen molar-refractivity contribution in [2.24, 2.45) is 11.8 Å². The van der Waals surface area contributed by atoms with Crippen molar-refractivity contribution in [1.29, 1.82) is 0 Å². The first-order valence-electron chi connectivity index (χ1n) is 4.14. The molecule has 1 unspecified atom stereocenters. The van der Waals surface area contributed by atoms with Crippen LogP contribution in [0.3, 0.4) is 0 Å². The van der Waals surface area contributed by atoms with Crippen LogP contribution in [0.4, 0.5) is 0 Å². The molecule has 3 nitrogen and oxygen atoms in total. The number of likely N-dealkylation sites (tertiary alicyclic amines) is 1. The van der Waals surface area contributed by atoms with E-state index in [9.17, 15) is 4.79 Å². The normalized spacial score (nSPS) is 20.4. The van der Waals surface area contributed by atoms with Crippen LogP contribution in [0.15, 0.2) is 0 Å². The van der Waals surface area contributed by atoms with Crippen LogP contribution in [-0.2, 0) is 4.79 Å². The van der Waals surface area contributed by atoms with Crippen LogP contribution in [0.2, 0.25) is 0 Å². The van der Waals surface area contributed by atoms with Crippen LogP contribution in [0, 0.1) is 11.8 Å². The third kappa shape index (κ3) is 1.90. The Morgan fingerprint density at radius 2 is 2.33 bits per heavy atom. The lowest BCUT2D eigenvalue weighted by Crippen LogP contribution is -2.53. The van der Waals surface area contributed by atoms with E-state index in [1.54, 1.807) is 4.90 Å². The Morgan fingerprint density at radius 1 is 1.75 bits per heavy atom. The highest BCUT2D eigenvalue weighted by molar-refractivity contribution is 6.19. The Hall–Kier alpha value is -0.280. The number of rotatable bonds is 3. The monoisotopic (exact) mass is 191 g/mol. The molecule has 1 saturated heterocycles. The molecular weight excluding hydrogens is 178 g/mol. The molecular formula is C8H14ClNO2. The predicted octanol–water partition coefficient (Wildman–Crippen LogP) is 0.312. The first-order chi connectivity index (χ1) is 5.69. The lowest BCUT2D eigenvalue weighted by atomic mass is 9.99. The van der Waals surface area contributed by atoms with Gasteiger partial charge >= 0.3 is 0 Å². The average Bonchev–Trinajstić information content (AvgIpc) is 2.01. The molecule has 0 aromatic heterocycles. The number of aliphatic hydroxyl groups excluding tert-OH is 1. The molecule has 1 aliphatic rings. The van der Waals surface area contributed by atoms with Gasteiger partial charge in [-0.15, -0.1) is 11.6 Å². The zero-order chi connectivity index (χ0) is 9.14. The van der Waals surface area contributed by atoms with Crippen molar-refractivity contribution < 1.29 is 9.90 Å². The quantitative estimate of drug-likeness (QED) is 0.653. The van der Waals surface area contributed by atoms with E-state index < -0.39 is 0 Å². The van der Waals surface area contributed by atoms with Gasteiger partial charge in [-0.2, -0.15) is 0 Å². The molecule has 0 saturated carbocycles. The molecule has 1 rings (SSSR count). The zero-order valence-electron chi connectivity index (χ0n) is 7.16. The summed E-state index contributed by atoms with van der Waals surface area (Å²) in [6.07, 6.45) is 0. The second-order valence-electron chi connectivity index (χ2n) is 3.35. The average molecular weight is 192 g/mol. The number of carbonyl (C=O) groups is 1. The fourth-order valence-corrected chi connectivity index (χ4v) is 1.37. The van der Waals surface area contributed by atoms with Gasteiger partial charge in [0.15, 0.2) is 0 Å². The lowest BCUT2D eigenvalue weighted by molar-refractivity contribution is -0.141. The van der Waals surface area contributed by atoms with E-state index >= 15 is 0 Å². The first-order valence-corrected chi connectivity index (χ1v) is 4.68. The van der Waals surface area contributed by atoms with E-state index in [-0.39, 0.29) is 24.3 Å². The maximum atomic E-state index is 11.4. The van der Waals surface area contributed by atoms with Gasteiger partial charge in [0.1, 0.15) is 0 Å². The molecule has 70 valence electrons. The van der Waals surface area contributed by atoms with E-state index in [0.717, 1.165) is 0 Å². The molecule has 1 fully saturated rings. The van der Waals surface area contributed by atoms with Crippen LogP contribution in [-0.4, -0.2) is 41.5 Å². The molecule has 0 aromatic rings. The maximum Gasteiger partial charge on any atom is 0.226 e. The number of halogens is 1. The summed E-state index contributed by atoms with van der Waals surface area (Å²) in [4.78, 5) is 13.1. The van der Waals surface area contributed by atoms with Gasteiger partial charge in [0.2, 0.25) is 5.91 Å². The fourth-order valence-electron chi connectivity index (χ4n) is 1.24. The van der Waals surface area contributed by atoms with Crippen LogP contribution in [0.5, 0.6) is 0 Å². The van der Waals surface area contributed by atoms with Gasteiger partial charge in [0.05, 0.1) is 0 Å². The number of alkyl halides is 1. The molecule has 1 aliphatic heterocycles. The molecule has 0 spiro atoms. The zero-order valence-corrected chi connectivity index (χ0v) is 7.92. The predicted molar refractivity (Wildman–Crippen MR) is 47.0 cm³/mol. The van der Waals surface area contributed by atoms with E-state index in [2.05, 4.69) is 0 Å². The summed E-state index contributed by atoms with van der Waals surface area (Å²) in [5.74, 6) is 0.677. The number of amides is 1. The minimum atomic E-state index is -0.0914. The Morgan fingerprint density at radius 3 is 2.75 bits per heavy atom. The van der Waals surface area contributed by atoms with Gasteiger partial charge in [-0.25, -0.2) is 0 Å². The highest BCUT2D eigenvalue weighted by atomic mass is 35.5. The van der Waals surface area contributed by atoms with Crippen LogP contribution in [0.1, 0.15) is 6.92 Å². The van der Waals surface area contributed by atoms with Gasteiger partial charge < -0.3 is 10.0 Å². The molecule has 1 atom stereocenters. The highest BCUT2D eigenvalue weighted by Crippen LogP contribution is 2.17. The van der Waals surface area contributed by atoms with E-state index in [4.69, 9.17) is 16.7 Å². The van der Waals surface area contributed by atoms with Crippen molar-refractivity contribution in [1.82, 2.24) is 4.90 Å². The summed E-state index contributed by atoms with van der Waals surface area (Å²) in [5.41, 5.74) is 0. The maximum absolute atomic E-state index is 11.4. The molecule has 0 aromatic carbocycles. The number of hydrogen-bond acceptors (Lipinski definition) is 2. The van der Waals surface area contributed by atoms with Gasteiger partial charge in [-0.3, -0.25) is 4.79 Å². The van der Waals surface area contributed by atoms with Crippen LogP contribution < -0.4 is 0 Å². The molecule has 4 heteroatoms. The van der Waals surface area contributed by atoms with E-state index in [0.29, 0.717) is 19.0 Å². The van der Waals surface area contributed by atoms with E-state index in [1.165, 1.54) is 0 Å². The Labute approximate surface area is 77.3 Å². The van der Waals surface area contributed by atoms with Crippen molar-refractivity contribution in [2.75, 3.05) is 25.6 Å². The van der Waals surface area contributed by atoms with Gasteiger partial charge in [0, 0.05) is 37.4 Å². The number of nitrogens with zero attached hydrogens (tertiary/aromatic N) is 1. The fraction of sp³-hybridized carbons (Fsp3) is 0.875. The third-order valence-corrected chi connectivity index (χ3v) is 2.64. The third-order valence-electron chi connectivity index (χ3n) is 2.18. The van der Waals surface area contributed by atoms with Crippen molar-refractivity contribution in [3.05, 3.63) is 0 Å². The van der Waals surface area contributed by atoms with Crippen molar-refractivity contribution >= 4 is 17.5 Å². The second kappa shape index (κ2) is 4.10. The summed E-state index contributed by atoms with van der Waals surface area (Å²) in [7, 11) is 0. The van der Waals surface area contributed by atoms with Crippen LogP contribution >= 0.6 is 11.6 Å². The molecule has 0 aliphatic carbocycles. The summed E-state index contributed by atoms with van der Waals surface area (Å²) in [6, 6.07) is 0. The number of carbonyl (C=O) groups excluding carboxylic acids is 1. The highest BCUT2D eigenvalue weighted by Gasteiger charge is 2.31. The molecule has 1 amide bonds. The standard InChI is InChI=1S/C8H14ClNO2/c1-6(2-9)8(12)10-3-7(4-10)5-11/h6-7,11H,2-5H2,1H3. The second-order valence-corrected chi connectivity index (χ2v) is 3.66. The summed E-state index contributed by atoms with van der Waals surface area (Å²) < 4.78 is 0. The molecule has 12 heavy (non-hydrogen) atoms. The van der Waals surface area contributed by atoms with Gasteiger partial charge in [-0.1, -0.05) is 6.92 Å². The summed E-state index contributed by atoms with van der Waals surface area (Å²) in [5, 5.41) is 8.72. The van der Waals surface area contributed by atoms with Crippen molar-refractivity contribution in [3.63, 3.8) is 0 Å². The first kappa shape index (κ1) is 9.81. The molecule has 0 bridgehead atoms. The lowest BCUT2D eigenvalue weighted by Gasteiger charge is -2.39. The SMILES string of the molecule is CC(CCl)C(=O)N1CC(CO)C1. The number of hydrogen-bond donors (Lipinski definition) is 1. The molecule has 0 radical (unpaired) electrons. The van der Waals surface area contributed by atoms with E-state index in [1.807, 2.05) is 6.92 Å². The minimum absolute atomic E-state index is 0.0914. The van der Waals surface area contributed by atoms with Gasteiger partial charge in [0.25, 0.3) is 0 Å².